The number of aromatic nitrogens is 1. The van der Waals surface area contributed by atoms with Crippen LogP contribution in [-0.2, 0) is 17.8 Å². The molecule has 0 aliphatic rings. The first-order valence-corrected chi connectivity index (χ1v) is 10.2. The highest BCUT2D eigenvalue weighted by Crippen LogP contribution is 2.18. The van der Waals surface area contributed by atoms with Crippen LogP contribution in [0.2, 0.25) is 0 Å². The second-order valence-electron chi connectivity index (χ2n) is 6.57. The van der Waals surface area contributed by atoms with E-state index in [0.717, 1.165) is 41.9 Å². The van der Waals surface area contributed by atoms with Crippen molar-refractivity contribution in [1.82, 2.24) is 15.6 Å². The van der Waals surface area contributed by atoms with E-state index in [1.54, 1.807) is 11.3 Å². The zero-order chi connectivity index (χ0) is 19.6. The Labute approximate surface area is 188 Å². The van der Waals surface area contributed by atoms with Crippen LogP contribution in [0.3, 0.4) is 0 Å². The number of rotatable bonds is 8. The van der Waals surface area contributed by atoms with Gasteiger partial charge in [-0.1, -0.05) is 26.0 Å². The highest BCUT2D eigenvalue weighted by atomic mass is 127. The van der Waals surface area contributed by atoms with Gasteiger partial charge in [-0.25, -0.2) is 9.98 Å². The normalized spacial score (nSPS) is 11.1. The fourth-order valence-corrected chi connectivity index (χ4v) is 3.31. The van der Waals surface area contributed by atoms with Crippen LogP contribution in [0.15, 0.2) is 34.6 Å². The molecule has 1 amide bonds. The van der Waals surface area contributed by atoms with Gasteiger partial charge in [-0.3, -0.25) is 4.79 Å². The molecule has 1 aromatic heterocycles. The van der Waals surface area contributed by atoms with Gasteiger partial charge in [0, 0.05) is 31.1 Å². The smallest absolute Gasteiger partial charge is 0.221 e. The predicted octanol–water partition coefficient (Wildman–Crippen LogP) is 4.14. The third-order valence-electron chi connectivity index (χ3n) is 3.86. The Hall–Kier alpha value is -1.68. The van der Waals surface area contributed by atoms with E-state index >= 15 is 0 Å². The van der Waals surface area contributed by atoms with E-state index < -0.39 is 0 Å². The highest BCUT2D eigenvalue weighted by molar-refractivity contribution is 14.0. The van der Waals surface area contributed by atoms with Gasteiger partial charge < -0.3 is 16.0 Å². The summed E-state index contributed by atoms with van der Waals surface area (Å²) in [7, 11) is 0. The van der Waals surface area contributed by atoms with Crippen LogP contribution >= 0.6 is 35.3 Å². The van der Waals surface area contributed by atoms with Crippen LogP contribution in [0.4, 0.5) is 5.69 Å². The molecule has 6 nitrogen and oxygen atoms in total. The Kier molecular flexibility index (Phi) is 11.1. The summed E-state index contributed by atoms with van der Waals surface area (Å²) in [6.07, 6.45) is 0.875. The summed E-state index contributed by atoms with van der Waals surface area (Å²) >= 11 is 1.66. The largest absolute Gasteiger partial charge is 0.357 e. The molecule has 0 aliphatic heterocycles. The van der Waals surface area contributed by atoms with Gasteiger partial charge in [-0.05, 0) is 37.0 Å². The average Bonchev–Trinajstić information content (AvgIpc) is 3.10. The monoisotopic (exact) mass is 515 g/mol. The van der Waals surface area contributed by atoms with Gasteiger partial charge in [0.2, 0.25) is 5.91 Å². The molecule has 0 fully saturated rings. The Morgan fingerprint density at radius 2 is 1.93 bits per heavy atom. The molecule has 0 unspecified atom stereocenters. The van der Waals surface area contributed by atoms with Crippen molar-refractivity contribution in [3.05, 3.63) is 45.9 Å². The first-order chi connectivity index (χ1) is 13.0. The molecule has 0 saturated carbocycles. The van der Waals surface area contributed by atoms with Gasteiger partial charge >= 0.3 is 0 Å². The van der Waals surface area contributed by atoms with Crippen LogP contribution < -0.4 is 16.0 Å². The molecule has 2 rings (SSSR count). The van der Waals surface area contributed by atoms with Crippen LogP contribution in [0.1, 0.15) is 49.9 Å². The first-order valence-electron chi connectivity index (χ1n) is 9.31. The van der Waals surface area contributed by atoms with E-state index in [1.165, 1.54) is 12.5 Å². The van der Waals surface area contributed by atoms with E-state index in [-0.39, 0.29) is 29.9 Å². The fraction of sp³-hybridized carbons (Fsp3) is 0.450. The zero-order valence-corrected chi connectivity index (χ0v) is 20.1. The van der Waals surface area contributed by atoms with Crippen molar-refractivity contribution >= 4 is 52.9 Å². The molecular formula is C20H30IN5OS. The maximum Gasteiger partial charge on any atom is 0.221 e. The lowest BCUT2D eigenvalue weighted by Gasteiger charge is -2.11. The summed E-state index contributed by atoms with van der Waals surface area (Å²) in [6, 6.07) is 7.90. The molecule has 0 aliphatic carbocycles. The van der Waals surface area contributed by atoms with E-state index in [2.05, 4.69) is 52.1 Å². The van der Waals surface area contributed by atoms with Crippen LogP contribution in [0.25, 0.3) is 0 Å². The van der Waals surface area contributed by atoms with E-state index in [0.29, 0.717) is 12.5 Å². The third-order valence-corrected chi connectivity index (χ3v) is 4.71. The topological polar surface area (TPSA) is 78.4 Å². The number of halogens is 1. The summed E-state index contributed by atoms with van der Waals surface area (Å²) in [5.41, 5.74) is 3.15. The molecule has 0 spiro atoms. The van der Waals surface area contributed by atoms with Crippen molar-refractivity contribution in [1.29, 1.82) is 0 Å². The number of carbonyl (C=O) groups excluding carboxylic acids is 1. The molecule has 154 valence electrons. The average molecular weight is 515 g/mol. The fourth-order valence-electron chi connectivity index (χ4n) is 2.43. The second kappa shape index (κ2) is 12.7. The minimum atomic E-state index is -0.0587. The number of guanidine groups is 1. The number of amides is 1. The molecule has 1 heterocycles. The van der Waals surface area contributed by atoms with Crippen molar-refractivity contribution in [3.8, 4) is 0 Å². The second-order valence-corrected chi connectivity index (χ2v) is 7.51. The summed E-state index contributed by atoms with van der Waals surface area (Å²) in [5, 5.41) is 12.5. The Balaban J connectivity index is 0.00000392. The van der Waals surface area contributed by atoms with Crippen molar-refractivity contribution in [3.63, 3.8) is 0 Å². The Bertz CT molecular complexity index is 758. The van der Waals surface area contributed by atoms with Crippen molar-refractivity contribution in [2.45, 2.75) is 46.6 Å². The Morgan fingerprint density at radius 3 is 2.50 bits per heavy atom. The number of thiazole rings is 1. The van der Waals surface area contributed by atoms with E-state index in [4.69, 9.17) is 0 Å². The summed E-state index contributed by atoms with van der Waals surface area (Å²) in [6.45, 7) is 10.0. The van der Waals surface area contributed by atoms with Crippen LogP contribution in [0, 0.1) is 0 Å². The van der Waals surface area contributed by atoms with Gasteiger partial charge in [0.1, 0.15) is 5.01 Å². The number of aliphatic imine (C=N–C) groups is 1. The lowest BCUT2D eigenvalue weighted by molar-refractivity contribution is -0.114. The minimum absolute atomic E-state index is 0. The molecular weight excluding hydrogens is 485 g/mol. The number of nitrogens with zero attached hydrogens (tertiary/aromatic N) is 2. The van der Waals surface area contributed by atoms with E-state index in [1.807, 2.05) is 24.3 Å². The lowest BCUT2D eigenvalue weighted by Crippen LogP contribution is -2.38. The van der Waals surface area contributed by atoms with Gasteiger partial charge in [0.05, 0.1) is 12.2 Å². The quantitative estimate of drug-likeness (QED) is 0.281. The van der Waals surface area contributed by atoms with E-state index in [9.17, 15) is 4.79 Å². The van der Waals surface area contributed by atoms with Crippen molar-refractivity contribution in [2.75, 3.05) is 18.4 Å². The van der Waals surface area contributed by atoms with Gasteiger partial charge in [-0.2, -0.15) is 0 Å². The van der Waals surface area contributed by atoms with Gasteiger partial charge in [0.15, 0.2) is 5.96 Å². The summed E-state index contributed by atoms with van der Waals surface area (Å²) < 4.78 is 0. The van der Waals surface area contributed by atoms with Crippen LogP contribution in [-0.4, -0.2) is 29.9 Å². The summed E-state index contributed by atoms with van der Waals surface area (Å²) in [4.78, 5) is 20.3. The van der Waals surface area contributed by atoms with Gasteiger partial charge in [-0.15, -0.1) is 35.3 Å². The predicted molar refractivity (Wildman–Crippen MR) is 129 cm³/mol. The maximum atomic E-state index is 11.1. The van der Waals surface area contributed by atoms with Crippen molar-refractivity contribution < 1.29 is 4.79 Å². The molecule has 2 aromatic rings. The molecule has 0 atom stereocenters. The van der Waals surface area contributed by atoms with Gasteiger partial charge in [0.25, 0.3) is 0 Å². The number of carbonyl (C=O) groups is 1. The number of anilines is 1. The highest BCUT2D eigenvalue weighted by Gasteiger charge is 2.06. The Morgan fingerprint density at radius 1 is 1.21 bits per heavy atom. The number of benzene rings is 1. The number of nitrogens with one attached hydrogen (secondary N) is 3. The number of hydrogen-bond donors (Lipinski definition) is 3. The maximum absolute atomic E-state index is 11.1. The molecule has 0 saturated heterocycles. The SMILES string of the molecule is CCNC(=NCc1nc(C(C)C)cs1)NCCc1ccc(NC(C)=O)cc1.I. The third kappa shape index (κ3) is 8.55. The minimum Gasteiger partial charge on any atom is -0.357 e. The lowest BCUT2D eigenvalue weighted by atomic mass is 10.1. The standard InChI is InChI=1S/C20H29N5OS.HI/c1-5-21-20(23-12-19-25-18(13-27-19)14(2)3)22-11-10-16-6-8-17(9-7-16)24-15(4)26;/h6-9,13-14H,5,10-12H2,1-4H3,(H,24,26)(H2,21,22,23);1H. The molecule has 3 N–H and O–H groups in total. The first kappa shape index (κ1) is 24.4. The molecule has 0 bridgehead atoms. The zero-order valence-electron chi connectivity index (χ0n) is 16.9. The number of hydrogen-bond acceptors (Lipinski definition) is 4. The van der Waals surface area contributed by atoms with Crippen molar-refractivity contribution in [2.24, 2.45) is 4.99 Å². The molecule has 1 aromatic carbocycles. The summed E-state index contributed by atoms with van der Waals surface area (Å²) in [5.74, 6) is 1.19. The molecule has 8 heteroatoms. The van der Waals surface area contributed by atoms with Crippen LogP contribution in [0.5, 0.6) is 0 Å². The molecule has 0 radical (unpaired) electrons. The molecule has 28 heavy (non-hydrogen) atoms.